The first-order valence-electron chi connectivity index (χ1n) is 8.17. The van der Waals surface area contributed by atoms with Gasteiger partial charge in [-0.3, -0.25) is 19.3 Å². The van der Waals surface area contributed by atoms with Crippen LogP contribution in [-0.2, 0) is 14.3 Å². The molecule has 0 saturated carbocycles. The Morgan fingerprint density at radius 2 is 2.07 bits per heavy atom. The first kappa shape index (κ1) is 20.0. The van der Waals surface area contributed by atoms with E-state index in [0.29, 0.717) is 18.7 Å². The number of imide groups is 1. The molecular weight excluding hydrogens is 415 g/mol. The molecule has 7 nitrogen and oxygen atoms in total. The molecule has 2 heterocycles. The average molecular weight is 431 g/mol. The van der Waals surface area contributed by atoms with Crippen molar-refractivity contribution < 1.29 is 24.2 Å². The van der Waals surface area contributed by atoms with Crippen LogP contribution in [0, 0.1) is 0 Å². The number of hydrogen-bond donors (Lipinski definition) is 2. The maximum atomic E-state index is 12.4. The lowest BCUT2D eigenvalue weighted by Gasteiger charge is -2.14. The van der Waals surface area contributed by atoms with Gasteiger partial charge in [0.25, 0.3) is 11.1 Å². The van der Waals surface area contributed by atoms with Crippen molar-refractivity contribution in [3.05, 3.63) is 32.6 Å². The highest BCUT2D eigenvalue weighted by molar-refractivity contribution is 8.18. The number of aromatic hydroxyl groups is 1. The summed E-state index contributed by atoms with van der Waals surface area (Å²) in [5.41, 5.74) is 0.455. The Morgan fingerprint density at radius 3 is 2.70 bits per heavy atom. The average Bonchev–Trinajstić information content (AvgIpc) is 3.22. The maximum Gasteiger partial charge on any atom is 0.294 e. The Hall–Kier alpha value is -1.74. The van der Waals surface area contributed by atoms with E-state index in [1.165, 1.54) is 18.2 Å². The van der Waals surface area contributed by atoms with Crippen LogP contribution in [0.25, 0.3) is 6.08 Å². The van der Waals surface area contributed by atoms with Crippen LogP contribution in [0.4, 0.5) is 4.79 Å². The summed E-state index contributed by atoms with van der Waals surface area (Å²) in [5, 5.41) is 11.8. The molecule has 10 heteroatoms. The smallest absolute Gasteiger partial charge is 0.294 e. The van der Waals surface area contributed by atoms with Gasteiger partial charge in [0.2, 0.25) is 5.91 Å². The van der Waals surface area contributed by atoms with Crippen molar-refractivity contribution >= 4 is 58.1 Å². The van der Waals surface area contributed by atoms with E-state index in [2.05, 4.69) is 5.32 Å². The number of amides is 3. The zero-order valence-electron chi connectivity index (χ0n) is 14.0. The van der Waals surface area contributed by atoms with Gasteiger partial charge >= 0.3 is 0 Å². The zero-order chi connectivity index (χ0) is 19.6. The minimum absolute atomic E-state index is 0.0206. The number of hydrogen-bond acceptors (Lipinski definition) is 6. The first-order chi connectivity index (χ1) is 12.8. The summed E-state index contributed by atoms with van der Waals surface area (Å²) in [7, 11) is 0. The van der Waals surface area contributed by atoms with Crippen LogP contribution in [0.3, 0.4) is 0 Å². The van der Waals surface area contributed by atoms with Gasteiger partial charge in [-0.15, -0.1) is 0 Å². The number of phenols is 1. The van der Waals surface area contributed by atoms with E-state index in [-0.39, 0.29) is 33.3 Å². The van der Waals surface area contributed by atoms with E-state index < -0.39 is 17.1 Å². The Bertz CT molecular complexity index is 801. The molecule has 1 aromatic rings. The molecule has 0 unspecified atom stereocenters. The highest BCUT2D eigenvalue weighted by Gasteiger charge is 2.36. The molecule has 3 rings (SSSR count). The number of thioether (sulfide) groups is 1. The Kier molecular flexibility index (Phi) is 6.31. The van der Waals surface area contributed by atoms with Crippen molar-refractivity contribution in [1.29, 1.82) is 0 Å². The van der Waals surface area contributed by atoms with Gasteiger partial charge in [-0.2, -0.15) is 0 Å². The van der Waals surface area contributed by atoms with Gasteiger partial charge < -0.3 is 15.2 Å². The number of benzene rings is 1. The van der Waals surface area contributed by atoms with Crippen molar-refractivity contribution in [2.75, 3.05) is 19.7 Å². The molecule has 2 fully saturated rings. The fourth-order valence-electron chi connectivity index (χ4n) is 2.69. The van der Waals surface area contributed by atoms with Gasteiger partial charge in [0, 0.05) is 13.2 Å². The van der Waals surface area contributed by atoms with Crippen LogP contribution in [0.2, 0.25) is 10.0 Å². The van der Waals surface area contributed by atoms with Crippen LogP contribution in [0.15, 0.2) is 17.0 Å². The topological polar surface area (TPSA) is 95.9 Å². The summed E-state index contributed by atoms with van der Waals surface area (Å²) in [5.74, 6) is -1.26. The molecule has 3 amide bonds. The third-order valence-corrected chi connectivity index (χ3v) is 5.55. The molecule has 27 heavy (non-hydrogen) atoms. The molecule has 1 atom stereocenters. The lowest BCUT2D eigenvalue weighted by Crippen LogP contribution is -2.41. The second-order valence-corrected chi connectivity index (χ2v) is 7.85. The van der Waals surface area contributed by atoms with E-state index in [0.717, 1.165) is 29.5 Å². The number of carbonyl (C=O) groups is 3. The number of phenolic OH excluding ortho intramolecular Hbond substituents is 1. The SMILES string of the molecule is O=C(CN1C(=O)S/C(=C\c2cc(Cl)c(O)c(Cl)c2)C1=O)NC[C@@H]1CCCO1. The summed E-state index contributed by atoms with van der Waals surface area (Å²) in [4.78, 5) is 37.6. The fourth-order valence-corrected chi connectivity index (χ4v) is 4.03. The fraction of sp³-hybridized carbons (Fsp3) is 0.353. The molecule has 2 saturated heterocycles. The number of rotatable bonds is 5. The molecule has 0 aromatic heterocycles. The molecule has 144 valence electrons. The van der Waals surface area contributed by atoms with E-state index in [4.69, 9.17) is 27.9 Å². The van der Waals surface area contributed by atoms with Crippen molar-refractivity contribution in [3.63, 3.8) is 0 Å². The minimum Gasteiger partial charge on any atom is -0.505 e. The standard InChI is InChI=1S/C17H16Cl2N2O5S/c18-11-4-9(5-12(19)15(11)23)6-13-16(24)21(17(25)27-13)8-14(22)20-7-10-2-1-3-26-10/h4-6,10,23H,1-3,7-8H2,(H,20,22)/b13-6-/t10-/m0/s1. The number of nitrogens with one attached hydrogen (secondary N) is 1. The second-order valence-electron chi connectivity index (χ2n) is 6.04. The van der Waals surface area contributed by atoms with Crippen LogP contribution < -0.4 is 5.32 Å². The molecule has 2 N–H and O–H groups in total. The number of halogens is 2. The van der Waals surface area contributed by atoms with E-state index in [9.17, 15) is 19.5 Å². The number of carbonyl (C=O) groups excluding carboxylic acids is 3. The highest BCUT2D eigenvalue weighted by Crippen LogP contribution is 2.36. The Balaban J connectivity index is 1.64. The summed E-state index contributed by atoms with van der Waals surface area (Å²) in [6.07, 6.45) is 3.25. The molecule has 0 radical (unpaired) electrons. The molecule has 1 aromatic carbocycles. The van der Waals surface area contributed by atoms with E-state index in [1.807, 2.05) is 0 Å². The zero-order valence-corrected chi connectivity index (χ0v) is 16.4. The highest BCUT2D eigenvalue weighted by atomic mass is 35.5. The second kappa shape index (κ2) is 8.52. The van der Waals surface area contributed by atoms with Crippen molar-refractivity contribution in [1.82, 2.24) is 10.2 Å². The van der Waals surface area contributed by atoms with Gasteiger partial charge in [-0.25, -0.2) is 0 Å². The lowest BCUT2D eigenvalue weighted by molar-refractivity contribution is -0.129. The van der Waals surface area contributed by atoms with Gasteiger partial charge in [-0.05, 0) is 48.4 Å². The van der Waals surface area contributed by atoms with Gasteiger partial charge in [0.1, 0.15) is 6.54 Å². The Labute approximate surface area is 169 Å². The van der Waals surface area contributed by atoms with Crippen LogP contribution in [0.5, 0.6) is 5.75 Å². The lowest BCUT2D eigenvalue weighted by atomic mass is 10.2. The first-order valence-corrected chi connectivity index (χ1v) is 9.74. The number of ether oxygens (including phenoxy) is 1. The maximum absolute atomic E-state index is 12.4. The molecule has 2 aliphatic rings. The molecule has 0 spiro atoms. The summed E-state index contributed by atoms with van der Waals surface area (Å²) in [6, 6.07) is 2.84. The van der Waals surface area contributed by atoms with Gasteiger partial charge in [0.05, 0.1) is 21.1 Å². The summed E-state index contributed by atoms with van der Waals surface area (Å²) < 4.78 is 5.41. The van der Waals surface area contributed by atoms with Crippen LogP contribution >= 0.6 is 35.0 Å². The molecule has 2 aliphatic heterocycles. The van der Waals surface area contributed by atoms with Gasteiger partial charge in [0.15, 0.2) is 5.75 Å². The third-order valence-electron chi connectivity index (χ3n) is 4.06. The normalized spacial score (nSPS) is 21.3. The number of nitrogens with zero attached hydrogens (tertiary/aromatic N) is 1. The van der Waals surface area contributed by atoms with Crippen molar-refractivity contribution in [3.8, 4) is 5.75 Å². The van der Waals surface area contributed by atoms with E-state index in [1.54, 1.807) is 0 Å². The van der Waals surface area contributed by atoms with Crippen LogP contribution in [0.1, 0.15) is 18.4 Å². The quantitative estimate of drug-likeness (QED) is 0.696. The summed E-state index contributed by atoms with van der Waals surface area (Å²) >= 11 is 12.4. The molecule has 0 bridgehead atoms. The minimum atomic E-state index is -0.572. The van der Waals surface area contributed by atoms with Crippen LogP contribution in [-0.4, -0.2) is 52.9 Å². The van der Waals surface area contributed by atoms with Crippen molar-refractivity contribution in [2.24, 2.45) is 0 Å². The van der Waals surface area contributed by atoms with Gasteiger partial charge in [-0.1, -0.05) is 23.2 Å². The van der Waals surface area contributed by atoms with Crippen molar-refractivity contribution in [2.45, 2.75) is 18.9 Å². The monoisotopic (exact) mass is 430 g/mol. The predicted molar refractivity (Wildman–Crippen MR) is 103 cm³/mol. The Morgan fingerprint density at radius 1 is 1.37 bits per heavy atom. The molecular formula is C17H16Cl2N2O5S. The molecule has 0 aliphatic carbocycles. The largest absolute Gasteiger partial charge is 0.505 e. The third kappa shape index (κ3) is 4.76. The van der Waals surface area contributed by atoms with E-state index >= 15 is 0 Å². The summed E-state index contributed by atoms with van der Waals surface area (Å²) in [6.45, 7) is 0.681. The predicted octanol–water partition coefficient (Wildman–Crippen LogP) is 3.03.